The minimum absolute atomic E-state index is 0.147. The topological polar surface area (TPSA) is 88.9 Å². The van der Waals surface area contributed by atoms with E-state index < -0.39 is 17.6 Å². The lowest BCUT2D eigenvalue weighted by molar-refractivity contribution is -0.137. The van der Waals surface area contributed by atoms with Crippen LogP contribution in [0.3, 0.4) is 0 Å². The van der Waals surface area contributed by atoms with E-state index in [-0.39, 0.29) is 17.3 Å². The molecule has 1 aromatic carbocycles. The molecule has 2 heterocycles. The summed E-state index contributed by atoms with van der Waals surface area (Å²) in [6.45, 7) is 4.80. The van der Waals surface area contributed by atoms with Crippen LogP contribution >= 0.6 is 0 Å². The van der Waals surface area contributed by atoms with Gasteiger partial charge in [0.25, 0.3) is 5.91 Å². The Kier molecular flexibility index (Phi) is 5.59. The first-order valence-corrected chi connectivity index (χ1v) is 8.84. The molecule has 0 aliphatic carbocycles. The van der Waals surface area contributed by atoms with Crippen LogP contribution in [0.2, 0.25) is 0 Å². The second-order valence-electron chi connectivity index (χ2n) is 6.64. The Labute approximate surface area is 169 Å². The van der Waals surface area contributed by atoms with E-state index in [1.807, 2.05) is 6.92 Å². The summed E-state index contributed by atoms with van der Waals surface area (Å²) in [4.78, 5) is 28.0. The highest BCUT2D eigenvalue weighted by Gasteiger charge is 2.30. The minimum Gasteiger partial charge on any atom is -0.325 e. The Bertz CT molecular complexity index is 1100. The number of rotatable bonds is 4. The van der Waals surface area contributed by atoms with Gasteiger partial charge in [0, 0.05) is 13.1 Å². The van der Waals surface area contributed by atoms with E-state index in [1.54, 1.807) is 25.1 Å². The number of halogens is 3. The van der Waals surface area contributed by atoms with E-state index in [0.29, 0.717) is 23.3 Å². The molecule has 0 radical (unpaired) electrons. The van der Waals surface area contributed by atoms with Gasteiger partial charge in [0.05, 0.1) is 34.4 Å². The number of anilines is 2. The third-order valence-corrected chi connectivity index (χ3v) is 4.28. The third-order valence-electron chi connectivity index (χ3n) is 4.28. The van der Waals surface area contributed by atoms with E-state index in [1.165, 1.54) is 23.9 Å². The summed E-state index contributed by atoms with van der Waals surface area (Å²) in [6.07, 6.45) is -2.48. The molecule has 0 bridgehead atoms. The summed E-state index contributed by atoms with van der Waals surface area (Å²) in [5.74, 6) is -0.622. The van der Waals surface area contributed by atoms with Gasteiger partial charge in [-0.05, 0) is 43.7 Å². The van der Waals surface area contributed by atoms with Crippen LogP contribution in [-0.4, -0.2) is 26.6 Å². The maximum absolute atomic E-state index is 12.8. The van der Waals surface area contributed by atoms with Crippen LogP contribution in [0.5, 0.6) is 0 Å². The maximum Gasteiger partial charge on any atom is 0.417 e. The number of nitrogens with zero attached hydrogens (tertiary/aromatic N) is 3. The fourth-order valence-corrected chi connectivity index (χ4v) is 2.79. The lowest BCUT2D eigenvalue weighted by Gasteiger charge is -2.12. The normalized spacial score (nSPS) is 11.3. The smallest absolute Gasteiger partial charge is 0.325 e. The van der Waals surface area contributed by atoms with Gasteiger partial charge >= 0.3 is 6.18 Å². The molecule has 10 heteroatoms. The third kappa shape index (κ3) is 4.48. The molecule has 7 nitrogen and oxygen atoms in total. The molecule has 156 valence electrons. The van der Waals surface area contributed by atoms with Gasteiger partial charge in [-0.15, -0.1) is 0 Å². The maximum atomic E-state index is 12.8. The van der Waals surface area contributed by atoms with Crippen molar-refractivity contribution in [3.63, 3.8) is 0 Å². The average molecular weight is 417 g/mol. The molecule has 0 unspecified atom stereocenters. The molecule has 0 saturated heterocycles. The van der Waals surface area contributed by atoms with Crippen molar-refractivity contribution in [2.75, 3.05) is 10.6 Å². The first-order valence-electron chi connectivity index (χ1n) is 8.84. The largest absolute Gasteiger partial charge is 0.417 e. The molecule has 2 aromatic heterocycles. The Hall–Kier alpha value is -3.69. The molecule has 0 spiro atoms. The Morgan fingerprint density at radius 3 is 2.33 bits per heavy atom. The number of benzene rings is 1. The number of nitrogens with one attached hydrogen (secondary N) is 2. The van der Waals surface area contributed by atoms with E-state index in [0.717, 1.165) is 11.6 Å². The molecule has 0 fully saturated rings. The predicted molar refractivity (Wildman–Crippen MR) is 105 cm³/mol. The van der Waals surface area contributed by atoms with Crippen molar-refractivity contribution in [1.29, 1.82) is 0 Å². The molecular formula is C20H18F3N5O2. The fourth-order valence-electron chi connectivity index (χ4n) is 2.79. The Balaban J connectivity index is 1.87. The first-order chi connectivity index (χ1) is 14.1. The van der Waals surface area contributed by atoms with Gasteiger partial charge in [0.1, 0.15) is 0 Å². The van der Waals surface area contributed by atoms with Gasteiger partial charge in [-0.1, -0.05) is 6.07 Å². The molecule has 0 saturated carbocycles. The lowest BCUT2D eigenvalue weighted by Crippen LogP contribution is -2.16. The van der Waals surface area contributed by atoms with Crippen molar-refractivity contribution < 1.29 is 22.8 Å². The minimum atomic E-state index is -4.49. The number of hydrogen-bond donors (Lipinski definition) is 2. The van der Waals surface area contributed by atoms with Crippen molar-refractivity contribution in [2.24, 2.45) is 0 Å². The highest BCUT2D eigenvalue weighted by Crippen LogP contribution is 2.29. The summed E-state index contributed by atoms with van der Waals surface area (Å²) in [5, 5.41) is 9.45. The Morgan fingerprint density at radius 1 is 1.00 bits per heavy atom. The second-order valence-corrected chi connectivity index (χ2v) is 6.64. The highest BCUT2D eigenvalue weighted by molar-refractivity contribution is 6.07. The lowest BCUT2D eigenvalue weighted by atomic mass is 10.1. The number of aromatic nitrogens is 3. The van der Waals surface area contributed by atoms with Crippen LogP contribution in [-0.2, 0) is 11.0 Å². The van der Waals surface area contributed by atoms with Crippen molar-refractivity contribution >= 4 is 23.2 Å². The summed E-state index contributed by atoms with van der Waals surface area (Å²) >= 11 is 0. The zero-order valence-electron chi connectivity index (χ0n) is 16.3. The van der Waals surface area contributed by atoms with Crippen LogP contribution in [0.25, 0.3) is 5.82 Å². The van der Waals surface area contributed by atoms with Gasteiger partial charge in [-0.2, -0.15) is 18.3 Å². The van der Waals surface area contributed by atoms with Crippen LogP contribution in [0.4, 0.5) is 24.5 Å². The number of amides is 2. The first kappa shape index (κ1) is 21.0. The van der Waals surface area contributed by atoms with Crippen LogP contribution in [0.1, 0.15) is 34.1 Å². The number of hydrogen-bond acceptors (Lipinski definition) is 4. The number of carbonyl (C=O) groups excluding carboxylic acids is 2. The van der Waals surface area contributed by atoms with Crippen molar-refractivity contribution in [2.45, 2.75) is 26.9 Å². The van der Waals surface area contributed by atoms with Gasteiger partial charge in [0.15, 0.2) is 5.82 Å². The van der Waals surface area contributed by atoms with Crippen LogP contribution in [0.15, 0.2) is 42.7 Å². The van der Waals surface area contributed by atoms with Crippen molar-refractivity contribution in [3.05, 3.63) is 65.1 Å². The van der Waals surface area contributed by atoms with E-state index in [9.17, 15) is 22.8 Å². The standard InChI is InChI=1S/C20H18F3N5O2/c1-11-4-6-16(26-13(3)29)17(8-11)27-19(30)15-10-25-28(12(15)2)18-7-5-14(9-24-18)20(21,22)23/h4-10H,1-3H3,(H,26,29)(H,27,30). The zero-order chi connectivity index (χ0) is 22.1. The van der Waals surface area contributed by atoms with Crippen LogP contribution < -0.4 is 10.6 Å². The summed E-state index contributed by atoms with van der Waals surface area (Å²) in [6, 6.07) is 7.26. The summed E-state index contributed by atoms with van der Waals surface area (Å²) in [7, 11) is 0. The molecule has 0 atom stereocenters. The van der Waals surface area contributed by atoms with Crippen molar-refractivity contribution in [1.82, 2.24) is 14.8 Å². The average Bonchev–Trinajstić information content (AvgIpc) is 3.04. The number of alkyl halides is 3. The quantitative estimate of drug-likeness (QED) is 0.669. The number of carbonyl (C=O) groups is 2. The Morgan fingerprint density at radius 2 is 1.73 bits per heavy atom. The molecule has 30 heavy (non-hydrogen) atoms. The molecule has 3 aromatic rings. The summed E-state index contributed by atoms with van der Waals surface area (Å²) in [5.41, 5.74) is 1.46. The molecular weight excluding hydrogens is 399 g/mol. The number of aryl methyl sites for hydroxylation is 1. The fraction of sp³-hybridized carbons (Fsp3) is 0.200. The van der Waals surface area contributed by atoms with E-state index in [4.69, 9.17) is 0 Å². The van der Waals surface area contributed by atoms with Gasteiger partial charge in [-0.25, -0.2) is 9.67 Å². The second kappa shape index (κ2) is 7.97. The van der Waals surface area contributed by atoms with E-state index in [2.05, 4.69) is 20.7 Å². The van der Waals surface area contributed by atoms with Gasteiger partial charge in [0.2, 0.25) is 5.91 Å². The molecule has 2 N–H and O–H groups in total. The highest BCUT2D eigenvalue weighted by atomic mass is 19.4. The summed E-state index contributed by atoms with van der Waals surface area (Å²) < 4.78 is 39.4. The van der Waals surface area contributed by atoms with Gasteiger partial charge in [-0.3, -0.25) is 9.59 Å². The zero-order valence-corrected chi connectivity index (χ0v) is 16.3. The van der Waals surface area contributed by atoms with Gasteiger partial charge < -0.3 is 10.6 Å². The number of pyridine rings is 1. The molecule has 0 aliphatic rings. The molecule has 2 amide bonds. The molecule has 3 rings (SSSR count). The molecule has 0 aliphatic heterocycles. The predicted octanol–water partition coefficient (Wildman–Crippen LogP) is 4.11. The van der Waals surface area contributed by atoms with E-state index >= 15 is 0 Å². The SMILES string of the molecule is CC(=O)Nc1ccc(C)cc1NC(=O)c1cnn(-c2ccc(C(F)(F)F)cn2)c1C. The van der Waals surface area contributed by atoms with Crippen LogP contribution in [0, 0.1) is 13.8 Å². The van der Waals surface area contributed by atoms with Crippen molar-refractivity contribution in [3.8, 4) is 5.82 Å². The monoisotopic (exact) mass is 417 g/mol.